The predicted molar refractivity (Wildman–Crippen MR) is 66.9 cm³/mol. The molecule has 0 aromatic heterocycles. The zero-order valence-corrected chi connectivity index (χ0v) is 11.0. The summed E-state index contributed by atoms with van der Waals surface area (Å²) in [6.07, 6.45) is 0. The van der Waals surface area contributed by atoms with Crippen LogP contribution in [-0.2, 0) is 4.79 Å². The van der Waals surface area contributed by atoms with Crippen LogP contribution < -0.4 is 5.32 Å². The number of carbonyl (C=O) groups excluding carboxylic acids is 2. The number of piperazine rings is 1. The fourth-order valence-electron chi connectivity index (χ4n) is 1.83. The normalized spacial score (nSPS) is 17.3. The van der Waals surface area contributed by atoms with Crippen LogP contribution in [0.5, 0.6) is 0 Å². The van der Waals surface area contributed by atoms with E-state index in [0.717, 1.165) is 13.1 Å². The number of carbonyl (C=O) groups is 2. The summed E-state index contributed by atoms with van der Waals surface area (Å²) in [7, 11) is 0. The van der Waals surface area contributed by atoms with E-state index < -0.39 is 0 Å². The number of amides is 2. The highest BCUT2D eigenvalue weighted by Gasteiger charge is 2.21. The van der Waals surface area contributed by atoms with Gasteiger partial charge in [-0.25, -0.2) is 4.79 Å². The van der Waals surface area contributed by atoms with Crippen LogP contribution in [0.3, 0.4) is 0 Å². The van der Waals surface area contributed by atoms with Crippen LogP contribution in [-0.4, -0.2) is 60.9 Å². The maximum Gasteiger partial charge on any atom is 0.317 e. The first-order valence-electron chi connectivity index (χ1n) is 6.23. The second-order valence-electron chi connectivity index (χ2n) is 5.05. The highest BCUT2D eigenvalue weighted by atomic mass is 16.2. The van der Waals surface area contributed by atoms with E-state index in [-0.39, 0.29) is 11.8 Å². The summed E-state index contributed by atoms with van der Waals surface area (Å²) in [5.41, 5.74) is 0. The first-order chi connectivity index (χ1) is 7.99. The van der Waals surface area contributed by atoms with Crippen LogP contribution in [0.1, 0.15) is 20.8 Å². The molecular formula is C12H23N3O2. The summed E-state index contributed by atoms with van der Waals surface area (Å²) in [6.45, 7) is 9.95. The van der Waals surface area contributed by atoms with E-state index >= 15 is 0 Å². The summed E-state index contributed by atoms with van der Waals surface area (Å²) in [5, 5.41) is 2.91. The van der Waals surface area contributed by atoms with E-state index in [1.165, 1.54) is 0 Å². The Morgan fingerprint density at radius 3 is 2.24 bits per heavy atom. The smallest absolute Gasteiger partial charge is 0.317 e. The third-order valence-electron chi connectivity index (χ3n) is 2.77. The lowest BCUT2D eigenvalue weighted by molar-refractivity contribution is -0.118. The number of hydrogen-bond donors (Lipinski definition) is 1. The van der Waals surface area contributed by atoms with Gasteiger partial charge in [0.25, 0.3) is 0 Å². The first-order valence-corrected chi connectivity index (χ1v) is 6.23. The Kier molecular flexibility index (Phi) is 5.41. The van der Waals surface area contributed by atoms with E-state index in [4.69, 9.17) is 0 Å². The van der Waals surface area contributed by atoms with Crippen molar-refractivity contribution in [3.8, 4) is 0 Å². The molecule has 17 heavy (non-hydrogen) atoms. The molecule has 0 radical (unpaired) electrons. The number of hydrogen-bond acceptors (Lipinski definition) is 3. The summed E-state index contributed by atoms with van der Waals surface area (Å²) < 4.78 is 0. The molecule has 1 rings (SSSR count). The summed E-state index contributed by atoms with van der Waals surface area (Å²) >= 11 is 0. The van der Waals surface area contributed by atoms with E-state index in [9.17, 15) is 9.59 Å². The lowest BCUT2D eigenvalue weighted by atomic mass is 10.2. The van der Waals surface area contributed by atoms with Crippen molar-refractivity contribution in [3.05, 3.63) is 0 Å². The molecule has 5 heteroatoms. The minimum absolute atomic E-state index is 0.0150. The average molecular weight is 241 g/mol. The Labute approximate surface area is 103 Å². The first kappa shape index (κ1) is 14.0. The van der Waals surface area contributed by atoms with Crippen molar-refractivity contribution < 1.29 is 9.59 Å². The van der Waals surface area contributed by atoms with E-state index in [0.29, 0.717) is 32.1 Å². The molecule has 1 heterocycles. The van der Waals surface area contributed by atoms with Gasteiger partial charge in [-0.2, -0.15) is 0 Å². The van der Waals surface area contributed by atoms with Gasteiger partial charge in [0.2, 0.25) is 0 Å². The molecule has 0 unspecified atom stereocenters. The van der Waals surface area contributed by atoms with Gasteiger partial charge in [-0.05, 0) is 12.8 Å². The fourth-order valence-corrected chi connectivity index (χ4v) is 1.83. The molecule has 0 saturated carbocycles. The second-order valence-corrected chi connectivity index (χ2v) is 5.05. The van der Waals surface area contributed by atoms with Gasteiger partial charge in [0, 0.05) is 32.7 Å². The zero-order chi connectivity index (χ0) is 12.8. The Hall–Kier alpha value is -1.10. The van der Waals surface area contributed by atoms with Crippen molar-refractivity contribution in [3.63, 3.8) is 0 Å². The quantitative estimate of drug-likeness (QED) is 0.782. The Balaban J connectivity index is 2.26. The molecule has 0 aliphatic carbocycles. The molecule has 2 amide bonds. The molecule has 0 bridgehead atoms. The molecule has 1 aliphatic heterocycles. The third kappa shape index (κ3) is 5.17. The van der Waals surface area contributed by atoms with Gasteiger partial charge in [0.15, 0.2) is 0 Å². The molecule has 5 nitrogen and oxygen atoms in total. The minimum atomic E-state index is 0.0150. The van der Waals surface area contributed by atoms with Gasteiger partial charge >= 0.3 is 6.03 Å². The van der Waals surface area contributed by atoms with Crippen LogP contribution in [0.2, 0.25) is 0 Å². The topological polar surface area (TPSA) is 52.7 Å². The molecule has 98 valence electrons. The van der Waals surface area contributed by atoms with E-state index in [1.807, 2.05) is 4.90 Å². The van der Waals surface area contributed by atoms with Crippen LogP contribution >= 0.6 is 0 Å². The van der Waals surface area contributed by atoms with E-state index in [1.54, 1.807) is 6.92 Å². The van der Waals surface area contributed by atoms with Gasteiger partial charge in [0.05, 0.1) is 6.54 Å². The summed E-state index contributed by atoms with van der Waals surface area (Å²) in [5.74, 6) is 0.653. The second kappa shape index (κ2) is 6.59. The van der Waals surface area contributed by atoms with Crippen LogP contribution in [0, 0.1) is 5.92 Å². The van der Waals surface area contributed by atoms with Crippen molar-refractivity contribution in [2.75, 3.05) is 39.3 Å². The maximum atomic E-state index is 11.8. The standard InChI is InChI=1S/C12H23N3O2/c1-10(2)8-13-12(17)15-6-4-14(5-7-15)9-11(3)16/h10H,4-9H2,1-3H3,(H,13,17). The van der Waals surface area contributed by atoms with Crippen molar-refractivity contribution in [1.29, 1.82) is 0 Å². The number of urea groups is 1. The Morgan fingerprint density at radius 1 is 1.18 bits per heavy atom. The predicted octanol–water partition coefficient (Wildman–Crippen LogP) is 0.559. The van der Waals surface area contributed by atoms with Crippen LogP contribution in [0.15, 0.2) is 0 Å². The molecule has 0 aromatic carbocycles. The molecule has 1 saturated heterocycles. The highest BCUT2D eigenvalue weighted by molar-refractivity contribution is 5.77. The van der Waals surface area contributed by atoms with Crippen molar-refractivity contribution in [1.82, 2.24) is 15.1 Å². The lowest BCUT2D eigenvalue weighted by Gasteiger charge is -2.34. The number of nitrogens with zero attached hydrogens (tertiary/aromatic N) is 2. The molecule has 1 aliphatic rings. The molecule has 1 fully saturated rings. The van der Waals surface area contributed by atoms with Crippen LogP contribution in [0.4, 0.5) is 4.79 Å². The van der Waals surface area contributed by atoms with Crippen molar-refractivity contribution >= 4 is 11.8 Å². The third-order valence-corrected chi connectivity index (χ3v) is 2.77. The molecule has 0 atom stereocenters. The SMILES string of the molecule is CC(=O)CN1CCN(C(=O)NCC(C)C)CC1. The van der Waals surface area contributed by atoms with Gasteiger partial charge in [-0.3, -0.25) is 9.69 Å². The Morgan fingerprint density at radius 2 is 1.76 bits per heavy atom. The minimum Gasteiger partial charge on any atom is -0.338 e. The molecule has 0 spiro atoms. The number of Topliss-reactive ketones (excluding diaryl/α,β-unsaturated/α-hetero) is 1. The van der Waals surface area contributed by atoms with Gasteiger partial charge < -0.3 is 10.2 Å². The van der Waals surface area contributed by atoms with Gasteiger partial charge in [-0.15, -0.1) is 0 Å². The maximum absolute atomic E-state index is 11.8. The van der Waals surface area contributed by atoms with Crippen molar-refractivity contribution in [2.45, 2.75) is 20.8 Å². The molecule has 1 N–H and O–H groups in total. The van der Waals surface area contributed by atoms with Crippen LogP contribution in [0.25, 0.3) is 0 Å². The molecular weight excluding hydrogens is 218 g/mol. The average Bonchev–Trinajstić information content (AvgIpc) is 2.26. The van der Waals surface area contributed by atoms with E-state index in [2.05, 4.69) is 24.1 Å². The zero-order valence-electron chi connectivity index (χ0n) is 11.0. The number of rotatable bonds is 4. The largest absolute Gasteiger partial charge is 0.338 e. The van der Waals surface area contributed by atoms with Crippen molar-refractivity contribution in [2.24, 2.45) is 5.92 Å². The number of ketones is 1. The fraction of sp³-hybridized carbons (Fsp3) is 0.833. The summed E-state index contributed by atoms with van der Waals surface area (Å²) in [6, 6.07) is 0.0150. The van der Waals surface area contributed by atoms with Gasteiger partial charge in [-0.1, -0.05) is 13.8 Å². The Bertz CT molecular complexity index is 271. The summed E-state index contributed by atoms with van der Waals surface area (Å²) in [4.78, 5) is 26.6. The monoisotopic (exact) mass is 241 g/mol. The lowest BCUT2D eigenvalue weighted by Crippen LogP contribution is -2.52. The van der Waals surface area contributed by atoms with Gasteiger partial charge in [0.1, 0.15) is 5.78 Å². The molecule has 0 aromatic rings. The number of nitrogens with one attached hydrogen (secondary N) is 1. The highest BCUT2D eigenvalue weighted by Crippen LogP contribution is 2.02.